The van der Waals surface area contributed by atoms with Gasteiger partial charge in [-0.05, 0) is 36.4 Å². The van der Waals surface area contributed by atoms with Crippen LogP contribution in [0, 0.1) is 10.1 Å². The monoisotopic (exact) mass is 387 g/mol. The van der Waals surface area contributed by atoms with Crippen molar-refractivity contribution in [3.05, 3.63) is 99.6 Å². The predicted molar refractivity (Wildman–Crippen MR) is 105 cm³/mol. The highest BCUT2D eigenvalue weighted by atomic mass is 16.6. The first-order valence-corrected chi connectivity index (χ1v) is 8.59. The second-order valence-electron chi connectivity index (χ2n) is 6.30. The lowest BCUT2D eigenvalue weighted by Crippen LogP contribution is -2.29. The van der Waals surface area contributed by atoms with Crippen LogP contribution in [0.5, 0.6) is 0 Å². The number of rotatable bonds is 4. The van der Waals surface area contributed by atoms with Gasteiger partial charge in [-0.1, -0.05) is 24.3 Å². The quantitative estimate of drug-likeness (QED) is 0.417. The lowest BCUT2D eigenvalue weighted by atomic mass is 10.1. The molecule has 1 aliphatic heterocycles. The van der Waals surface area contributed by atoms with Crippen molar-refractivity contribution in [2.75, 3.05) is 10.2 Å². The highest BCUT2D eigenvalue weighted by molar-refractivity contribution is 6.34. The second kappa shape index (κ2) is 7.01. The summed E-state index contributed by atoms with van der Waals surface area (Å²) in [5.74, 6) is -1.49. The zero-order valence-corrected chi connectivity index (χ0v) is 14.9. The Morgan fingerprint density at radius 2 is 1.59 bits per heavy atom. The summed E-state index contributed by atoms with van der Waals surface area (Å²) in [7, 11) is 0. The largest absolute Gasteiger partial charge is 0.322 e. The Hall–Kier alpha value is -4.33. The molecule has 0 saturated carbocycles. The van der Waals surface area contributed by atoms with Gasteiger partial charge in [-0.2, -0.15) is 0 Å². The van der Waals surface area contributed by atoms with E-state index in [0.29, 0.717) is 11.4 Å². The number of carbonyl (C=O) groups excluding carboxylic acids is 3. The maximum atomic E-state index is 12.8. The number of nitrogens with zero attached hydrogens (tertiary/aromatic N) is 2. The van der Waals surface area contributed by atoms with Crippen molar-refractivity contribution in [1.29, 1.82) is 0 Å². The summed E-state index contributed by atoms with van der Waals surface area (Å²) < 4.78 is 0. The van der Waals surface area contributed by atoms with Crippen LogP contribution in [0.1, 0.15) is 31.1 Å². The van der Waals surface area contributed by atoms with Gasteiger partial charge in [0.2, 0.25) is 0 Å². The molecule has 0 bridgehead atoms. The van der Waals surface area contributed by atoms with Gasteiger partial charge in [-0.3, -0.25) is 24.5 Å². The first kappa shape index (κ1) is 18.1. The number of nitro benzene ring substituents is 1. The van der Waals surface area contributed by atoms with Gasteiger partial charge in [0.05, 0.1) is 21.7 Å². The van der Waals surface area contributed by atoms with E-state index in [2.05, 4.69) is 5.32 Å². The Labute approximate surface area is 164 Å². The molecule has 1 heterocycles. The van der Waals surface area contributed by atoms with Gasteiger partial charge in [0.1, 0.15) is 0 Å². The predicted octanol–water partition coefficient (Wildman–Crippen LogP) is 3.65. The van der Waals surface area contributed by atoms with Crippen molar-refractivity contribution in [1.82, 2.24) is 0 Å². The molecule has 0 fully saturated rings. The fraction of sp³-hybridized carbons (Fsp3) is 0. The summed E-state index contributed by atoms with van der Waals surface area (Å²) in [6.07, 6.45) is 0. The number of non-ortho nitro benzene ring substituents is 1. The number of nitro groups is 1. The Bertz CT molecular complexity index is 1170. The molecule has 0 spiro atoms. The zero-order chi connectivity index (χ0) is 20.5. The summed E-state index contributed by atoms with van der Waals surface area (Å²) in [5.41, 5.74) is 1.08. The molecule has 0 radical (unpaired) electrons. The minimum Gasteiger partial charge on any atom is -0.322 e. The highest BCUT2D eigenvalue weighted by Gasteiger charge is 2.36. The second-order valence-corrected chi connectivity index (χ2v) is 6.30. The summed E-state index contributed by atoms with van der Waals surface area (Å²) >= 11 is 0. The Kier molecular flexibility index (Phi) is 4.36. The summed E-state index contributed by atoms with van der Waals surface area (Å²) in [5, 5.41) is 13.5. The van der Waals surface area contributed by atoms with E-state index in [9.17, 15) is 24.5 Å². The van der Waals surface area contributed by atoms with Crippen molar-refractivity contribution in [2.24, 2.45) is 0 Å². The van der Waals surface area contributed by atoms with Crippen LogP contribution < -0.4 is 10.2 Å². The smallest absolute Gasteiger partial charge is 0.270 e. The minimum atomic E-state index is -0.589. The van der Waals surface area contributed by atoms with Crippen molar-refractivity contribution in [3.63, 3.8) is 0 Å². The van der Waals surface area contributed by atoms with Gasteiger partial charge < -0.3 is 5.32 Å². The van der Waals surface area contributed by atoms with Gasteiger partial charge in [-0.15, -0.1) is 0 Å². The molecular weight excluding hydrogens is 374 g/mol. The van der Waals surface area contributed by atoms with Crippen LogP contribution in [-0.2, 0) is 0 Å². The van der Waals surface area contributed by atoms with Crippen molar-refractivity contribution in [2.45, 2.75) is 0 Å². The van der Waals surface area contributed by atoms with E-state index < -0.39 is 22.6 Å². The standard InChI is InChI=1S/C21H13N3O5/c25-19(13-5-4-8-16(11-13)24(28)29)22-14-9-10-17-18(12-14)21(27)23(20(17)26)15-6-2-1-3-7-15/h1-12H,(H,22,25). The Morgan fingerprint density at radius 3 is 2.31 bits per heavy atom. The van der Waals surface area contributed by atoms with E-state index in [1.54, 1.807) is 30.3 Å². The SMILES string of the molecule is O=C(Nc1ccc2c(c1)C(=O)N(c1ccccc1)C2=O)c1cccc([N+](=O)[O-])c1. The fourth-order valence-corrected chi connectivity index (χ4v) is 3.09. The number of nitrogens with one attached hydrogen (secondary N) is 1. The average molecular weight is 387 g/mol. The zero-order valence-electron chi connectivity index (χ0n) is 14.9. The average Bonchev–Trinajstić information content (AvgIpc) is 2.98. The van der Waals surface area contributed by atoms with Crippen LogP contribution >= 0.6 is 0 Å². The third kappa shape index (κ3) is 3.23. The van der Waals surface area contributed by atoms with Crippen molar-refractivity contribution < 1.29 is 19.3 Å². The molecule has 1 N–H and O–H groups in total. The number of para-hydroxylation sites is 1. The van der Waals surface area contributed by atoms with E-state index in [0.717, 1.165) is 11.0 Å². The molecule has 3 amide bonds. The van der Waals surface area contributed by atoms with Crippen molar-refractivity contribution in [3.8, 4) is 0 Å². The topological polar surface area (TPSA) is 110 Å². The Balaban J connectivity index is 1.60. The molecule has 0 saturated heterocycles. The summed E-state index contributed by atoms with van der Waals surface area (Å²) in [4.78, 5) is 49.2. The van der Waals surface area contributed by atoms with Crippen molar-refractivity contribution >= 4 is 34.8 Å². The van der Waals surface area contributed by atoms with Crippen LogP contribution in [0.25, 0.3) is 0 Å². The number of carbonyl (C=O) groups is 3. The van der Waals surface area contributed by atoms with Gasteiger partial charge in [0.25, 0.3) is 23.4 Å². The van der Waals surface area contributed by atoms with E-state index >= 15 is 0 Å². The van der Waals surface area contributed by atoms with E-state index in [1.165, 1.54) is 36.4 Å². The molecule has 8 nitrogen and oxygen atoms in total. The van der Waals surface area contributed by atoms with Crippen LogP contribution in [0.3, 0.4) is 0 Å². The number of hydrogen-bond acceptors (Lipinski definition) is 5. The van der Waals surface area contributed by atoms with Crippen LogP contribution in [-0.4, -0.2) is 22.6 Å². The van der Waals surface area contributed by atoms with E-state index in [4.69, 9.17) is 0 Å². The normalized spacial score (nSPS) is 12.6. The lowest BCUT2D eigenvalue weighted by molar-refractivity contribution is -0.384. The van der Waals surface area contributed by atoms with Crippen LogP contribution in [0.4, 0.5) is 17.1 Å². The lowest BCUT2D eigenvalue weighted by Gasteiger charge is -2.13. The van der Waals surface area contributed by atoms with Gasteiger partial charge in [0.15, 0.2) is 0 Å². The number of hydrogen-bond donors (Lipinski definition) is 1. The third-order valence-corrected chi connectivity index (χ3v) is 4.48. The van der Waals surface area contributed by atoms with E-state index in [-0.39, 0.29) is 22.4 Å². The molecule has 0 aliphatic carbocycles. The van der Waals surface area contributed by atoms with Gasteiger partial charge in [-0.25, -0.2) is 4.90 Å². The van der Waals surface area contributed by atoms with Gasteiger partial charge in [0, 0.05) is 23.4 Å². The fourth-order valence-electron chi connectivity index (χ4n) is 3.09. The number of amides is 3. The third-order valence-electron chi connectivity index (χ3n) is 4.48. The minimum absolute atomic E-state index is 0.105. The summed E-state index contributed by atoms with van der Waals surface area (Å²) in [6.45, 7) is 0. The maximum absolute atomic E-state index is 12.8. The Morgan fingerprint density at radius 1 is 0.862 bits per heavy atom. The number of imide groups is 1. The molecule has 3 aromatic rings. The molecule has 3 aromatic carbocycles. The molecule has 29 heavy (non-hydrogen) atoms. The molecule has 0 unspecified atom stereocenters. The molecule has 1 aliphatic rings. The highest BCUT2D eigenvalue weighted by Crippen LogP contribution is 2.30. The molecule has 4 rings (SSSR count). The summed E-state index contributed by atoms with van der Waals surface area (Å²) in [6, 6.07) is 18.3. The number of fused-ring (bicyclic) bond motifs is 1. The number of anilines is 2. The van der Waals surface area contributed by atoms with Gasteiger partial charge >= 0.3 is 0 Å². The van der Waals surface area contributed by atoms with Crippen LogP contribution in [0.15, 0.2) is 72.8 Å². The first-order valence-electron chi connectivity index (χ1n) is 8.59. The van der Waals surface area contributed by atoms with Crippen LogP contribution in [0.2, 0.25) is 0 Å². The molecule has 0 aromatic heterocycles. The van der Waals surface area contributed by atoms with E-state index in [1.807, 2.05) is 0 Å². The molecule has 0 atom stereocenters. The molecule has 142 valence electrons. The number of benzene rings is 3. The molecular formula is C21H13N3O5. The molecule has 8 heteroatoms. The first-order chi connectivity index (χ1) is 14.0. The maximum Gasteiger partial charge on any atom is 0.270 e.